The van der Waals surface area contributed by atoms with Crippen LogP contribution >= 0.6 is 11.5 Å². The Morgan fingerprint density at radius 3 is 3.21 bits per heavy atom. The Hall–Kier alpha value is -1.01. The second-order valence-electron chi connectivity index (χ2n) is 3.33. The predicted molar refractivity (Wildman–Crippen MR) is 52.1 cm³/mol. The van der Waals surface area contributed by atoms with Gasteiger partial charge in [0.05, 0.1) is 6.20 Å². The van der Waals surface area contributed by atoms with Gasteiger partial charge in [-0.2, -0.15) is 0 Å². The van der Waals surface area contributed by atoms with Crippen LogP contribution in [0.1, 0.15) is 13.3 Å². The van der Waals surface area contributed by atoms with Gasteiger partial charge in [0.25, 0.3) is 5.91 Å². The van der Waals surface area contributed by atoms with Crippen molar-refractivity contribution in [2.24, 2.45) is 5.92 Å². The molecule has 0 aliphatic carbocycles. The third-order valence-electron chi connectivity index (χ3n) is 2.25. The summed E-state index contributed by atoms with van der Waals surface area (Å²) in [5.41, 5.74) is 0. The van der Waals surface area contributed by atoms with Crippen molar-refractivity contribution in [2.75, 3.05) is 11.9 Å². The van der Waals surface area contributed by atoms with E-state index in [0.29, 0.717) is 11.6 Å². The van der Waals surface area contributed by atoms with Crippen LogP contribution in [0.4, 0.5) is 5.00 Å². The van der Waals surface area contributed by atoms with Gasteiger partial charge < -0.3 is 10.1 Å². The van der Waals surface area contributed by atoms with E-state index in [9.17, 15) is 4.79 Å². The Labute approximate surface area is 85.6 Å². The highest BCUT2D eigenvalue weighted by molar-refractivity contribution is 7.10. The van der Waals surface area contributed by atoms with Gasteiger partial charge in [-0.15, -0.1) is 5.10 Å². The van der Waals surface area contributed by atoms with Gasteiger partial charge in [0.1, 0.15) is 11.1 Å². The smallest absolute Gasteiger partial charge is 0.254 e. The number of carbonyl (C=O) groups excluding carboxylic acids is 1. The Balaban J connectivity index is 1.95. The molecule has 0 saturated carbocycles. The van der Waals surface area contributed by atoms with Crippen molar-refractivity contribution >= 4 is 22.4 Å². The van der Waals surface area contributed by atoms with E-state index in [1.54, 1.807) is 0 Å². The normalized spacial score (nSPS) is 26.4. The van der Waals surface area contributed by atoms with E-state index >= 15 is 0 Å². The molecule has 0 aromatic carbocycles. The standard InChI is InChI=1S/C8H11N3O2S/c1-5-2-3-13-7(5)8(12)10-6-4-9-11-14-6/h4-5,7H,2-3H2,1H3,(H,10,12)/t5-,7+/m0/s1. The number of amides is 1. The largest absolute Gasteiger partial charge is 0.368 e. The molecular formula is C8H11N3O2S. The van der Waals surface area contributed by atoms with Crippen LogP contribution in [-0.2, 0) is 9.53 Å². The molecule has 2 rings (SSSR count). The Kier molecular flexibility index (Phi) is 2.74. The number of carbonyl (C=O) groups is 1. The molecule has 2 atom stereocenters. The summed E-state index contributed by atoms with van der Waals surface area (Å²) in [5.74, 6) is 0.192. The summed E-state index contributed by atoms with van der Waals surface area (Å²) in [6.45, 7) is 2.68. The summed E-state index contributed by atoms with van der Waals surface area (Å²) in [4.78, 5) is 11.6. The highest BCUT2D eigenvalue weighted by Crippen LogP contribution is 2.21. The van der Waals surface area contributed by atoms with Crippen LogP contribution in [0.15, 0.2) is 6.20 Å². The highest BCUT2D eigenvalue weighted by atomic mass is 32.1. The van der Waals surface area contributed by atoms with E-state index in [1.807, 2.05) is 6.92 Å². The third kappa shape index (κ3) is 1.91. The van der Waals surface area contributed by atoms with Crippen LogP contribution in [0.25, 0.3) is 0 Å². The van der Waals surface area contributed by atoms with Gasteiger partial charge in [-0.3, -0.25) is 4.79 Å². The highest BCUT2D eigenvalue weighted by Gasteiger charge is 2.30. The van der Waals surface area contributed by atoms with Gasteiger partial charge in [-0.1, -0.05) is 11.4 Å². The van der Waals surface area contributed by atoms with E-state index in [-0.39, 0.29) is 17.9 Å². The number of hydrogen-bond acceptors (Lipinski definition) is 5. The number of nitrogens with zero attached hydrogens (tertiary/aromatic N) is 2. The van der Waals surface area contributed by atoms with Crippen molar-refractivity contribution in [1.82, 2.24) is 9.59 Å². The molecule has 1 amide bonds. The SMILES string of the molecule is C[C@H]1CCO[C@H]1C(=O)Nc1cnns1. The molecule has 0 spiro atoms. The van der Waals surface area contributed by atoms with Crippen molar-refractivity contribution in [1.29, 1.82) is 0 Å². The zero-order valence-corrected chi connectivity index (χ0v) is 8.58. The molecular weight excluding hydrogens is 202 g/mol. The maximum atomic E-state index is 11.6. The maximum Gasteiger partial charge on any atom is 0.254 e. The quantitative estimate of drug-likeness (QED) is 0.792. The number of hydrogen-bond donors (Lipinski definition) is 1. The summed E-state index contributed by atoms with van der Waals surface area (Å²) in [6.07, 6.45) is 2.15. The van der Waals surface area contributed by atoms with Crippen LogP contribution in [0, 0.1) is 5.92 Å². The zero-order valence-electron chi connectivity index (χ0n) is 7.77. The molecule has 6 heteroatoms. The summed E-state index contributed by atoms with van der Waals surface area (Å²) >= 11 is 1.16. The maximum absolute atomic E-state index is 11.6. The lowest BCUT2D eigenvalue weighted by Gasteiger charge is -2.12. The second kappa shape index (κ2) is 4.02. The van der Waals surface area contributed by atoms with Crippen LogP contribution in [0.2, 0.25) is 0 Å². The fourth-order valence-electron chi connectivity index (χ4n) is 1.45. The minimum Gasteiger partial charge on any atom is -0.368 e. The van der Waals surface area contributed by atoms with Crippen LogP contribution in [0.3, 0.4) is 0 Å². The number of nitrogens with one attached hydrogen (secondary N) is 1. The Morgan fingerprint density at radius 1 is 1.79 bits per heavy atom. The molecule has 1 fully saturated rings. The summed E-state index contributed by atoms with van der Waals surface area (Å²) in [5, 5.41) is 7.02. The van der Waals surface area contributed by atoms with E-state index in [2.05, 4.69) is 14.9 Å². The van der Waals surface area contributed by atoms with Crippen molar-refractivity contribution in [2.45, 2.75) is 19.4 Å². The van der Waals surface area contributed by atoms with Gasteiger partial charge in [-0.25, -0.2) is 0 Å². The topological polar surface area (TPSA) is 64.1 Å². The van der Waals surface area contributed by atoms with Crippen molar-refractivity contribution in [3.63, 3.8) is 0 Å². The first-order valence-corrected chi connectivity index (χ1v) is 5.24. The van der Waals surface area contributed by atoms with Gasteiger partial charge in [0.15, 0.2) is 0 Å². The molecule has 1 aliphatic rings. The molecule has 0 radical (unpaired) electrons. The average molecular weight is 213 g/mol. The molecule has 0 unspecified atom stereocenters. The van der Waals surface area contributed by atoms with E-state index in [0.717, 1.165) is 18.0 Å². The first-order valence-electron chi connectivity index (χ1n) is 4.47. The fourth-order valence-corrected chi connectivity index (χ4v) is 1.87. The van der Waals surface area contributed by atoms with E-state index in [1.165, 1.54) is 6.20 Å². The molecule has 1 N–H and O–H groups in total. The predicted octanol–water partition coefficient (Wildman–Crippen LogP) is 0.902. The Morgan fingerprint density at radius 2 is 2.64 bits per heavy atom. The van der Waals surface area contributed by atoms with Crippen molar-refractivity contribution in [3.05, 3.63) is 6.20 Å². The number of ether oxygens (including phenoxy) is 1. The second-order valence-corrected chi connectivity index (χ2v) is 4.11. The molecule has 5 nitrogen and oxygen atoms in total. The average Bonchev–Trinajstić information content (AvgIpc) is 2.75. The molecule has 14 heavy (non-hydrogen) atoms. The molecule has 76 valence electrons. The number of rotatable bonds is 2. The van der Waals surface area contributed by atoms with E-state index in [4.69, 9.17) is 4.74 Å². The third-order valence-corrected chi connectivity index (χ3v) is 2.83. The van der Waals surface area contributed by atoms with Gasteiger partial charge >= 0.3 is 0 Å². The van der Waals surface area contributed by atoms with Crippen molar-refractivity contribution in [3.8, 4) is 0 Å². The fraction of sp³-hybridized carbons (Fsp3) is 0.625. The lowest BCUT2D eigenvalue weighted by Crippen LogP contribution is -2.30. The van der Waals surface area contributed by atoms with E-state index < -0.39 is 0 Å². The first kappa shape index (κ1) is 9.54. The monoisotopic (exact) mass is 213 g/mol. The summed E-state index contributed by atoms with van der Waals surface area (Å²) in [6, 6.07) is 0. The summed E-state index contributed by atoms with van der Waals surface area (Å²) < 4.78 is 8.98. The summed E-state index contributed by atoms with van der Waals surface area (Å²) in [7, 11) is 0. The lowest BCUT2D eigenvalue weighted by atomic mass is 10.0. The van der Waals surface area contributed by atoms with Crippen LogP contribution < -0.4 is 5.32 Å². The van der Waals surface area contributed by atoms with Gasteiger partial charge in [0.2, 0.25) is 0 Å². The zero-order chi connectivity index (χ0) is 9.97. The van der Waals surface area contributed by atoms with Crippen LogP contribution in [-0.4, -0.2) is 28.2 Å². The van der Waals surface area contributed by atoms with Crippen LogP contribution in [0.5, 0.6) is 0 Å². The molecule has 1 aromatic heterocycles. The first-order chi connectivity index (χ1) is 6.77. The number of anilines is 1. The molecule has 0 bridgehead atoms. The van der Waals surface area contributed by atoms with Gasteiger partial charge in [-0.05, 0) is 12.3 Å². The van der Waals surface area contributed by atoms with Gasteiger partial charge in [0, 0.05) is 18.1 Å². The molecule has 2 heterocycles. The molecule has 1 aliphatic heterocycles. The minimum atomic E-state index is -0.322. The lowest BCUT2D eigenvalue weighted by molar-refractivity contribution is -0.126. The number of aromatic nitrogens is 2. The Bertz CT molecular complexity index is 314. The molecule has 1 saturated heterocycles. The molecule has 1 aromatic rings. The van der Waals surface area contributed by atoms with Crippen molar-refractivity contribution < 1.29 is 9.53 Å². The minimum absolute atomic E-state index is 0.0962.